The number of alkyl halides is 3. The highest BCUT2D eigenvalue weighted by Crippen LogP contribution is 2.36. The van der Waals surface area contributed by atoms with Crippen molar-refractivity contribution in [1.82, 2.24) is 5.32 Å². The minimum Gasteiger partial charge on any atom is -0.480 e. The number of nitrogens with one attached hydrogen (secondary N) is 2. The molecule has 1 aromatic carbocycles. The van der Waals surface area contributed by atoms with Crippen molar-refractivity contribution in [3.63, 3.8) is 0 Å². The Labute approximate surface area is 125 Å². The van der Waals surface area contributed by atoms with Gasteiger partial charge < -0.3 is 20.8 Å². The van der Waals surface area contributed by atoms with Crippen molar-refractivity contribution >= 4 is 33.6 Å². The Morgan fingerprint density at radius 2 is 1.95 bits per heavy atom. The number of hydrogen-bond acceptors (Lipinski definition) is 3. The van der Waals surface area contributed by atoms with Gasteiger partial charge in [-0.25, -0.2) is 9.59 Å². The molecule has 1 aromatic rings. The van der Waals surface area contributed by atoms with Crippen LogP contribution in [0.15, 0.2) is 22.7 Å². The van der Waals surface area contributed by atoms with Crippen molar-refractivity contribution in [1.29, 1.82) is 0 Å². The fourth-order valence-corrected chi connectivity index (χ4v) is 1.72. The van der Waals surface area contributed by atoms with E-state index in [1.165, 1.54) is 6.07 Å². The van der Waals surface area contributed by atoms with Crippen LogP contribution in [-0.2, 0) is 11.0 Å². The molecule has 2 amide bonds. The minimum absolute atomic E-state index is 0.166. The van der Waals surface area contributed by atoms with Gasteiger partial charge in [0.2, 0.25) is 0 Å². The first-order chi connectivity index (χ1) is 9.65. The van der Waals surface area contributed by atoms with Crippen LogP contribution in [0.2, 0.25) is 0 Å². The Bertz CT molecular complexity index is 551. The van der Waals surface area contributed by atoms with Crippen LogP contribution in [0.4, 0.5) is 23.7 Å². The normalized spacial score (nSPS) is 12.6. The van der Waals surface area contributed by atoms with Crippen LogP contribution < -0.4 is 10.6 Å². The quantitative estimate of drug-likeness (QED) is 0.651. The molecule has 0 radical (unpaired) electrons. The molecule has 0 aliphatic carbocycles. The molecule has 0 saturated carbocycles. The number of hydrogen-bond donors (Lipinski definition) is 4. The zero-order valence-corrected chi connectivity index (χ0v) is 11.8. The number of carbonyl (C=O) groups is 2. The zero-order valence-electron chi connectivity index (χ0n) is 10.2. The number of aliphatic hydroxyl groups excluding tert-OH is 1. The molecule has 0 unspecified atom stereocenters. The number of anilines is 1. The molecular weight excluding hydrogens is 361 g/mol. The first-order valence-corrected chi connectivity index (χ1v) is 6.22. The Kier molecular flexibility index (Phi) is 5.55. The van der Waals surface area contributed by atoms with Gasteiger partial charge in [0.1, 0.15) is 0 Å². The molecule has 1 rings (SSSR count). The number of urea groups is 1. The van der Waals surface area contributed by atoms with Gasteiger partial charge in [-0.3, -0.25) is 0 Å². The second-order valence-corrected chi connectivity index (χ2v) is 4.78. The van der Waals surface area contributed by atoms with Crippen molar-refractivity contribution in [2.45, 2.75) is 12.2 Å². The number of halogens is 4. The number of carboxylic acid groups (broad SMARTS) is 1. The molecule has 21 heavy (non-hydrogen) atoms. The van der Waals surface area contributed by atoms with Gasteiger partial charge in [-0.1, -0.05) is 15.9 Å². The third-order valence-electron chi connectivity index (χ3n) is 2.32. The number of aliphatic carboxylic acids is 1. The van der Waals surface area contributed by atoms with Gasteiger partial charge >= 0.3 is 18.2 Å². The van der Waals surface area contributed by atoms with Crippen LogP contribution in [0.3, 0.4) is 0 Å². The highest BCUT2D eigenvalue weighted by atomic mass is 79.9. The Hall–Kier alpha value is -1.81. The number of benzene rings is 1. The fraction of sp³-hybridized carbons (Fsp3) is 0.273. The van der Waals surface area contributed by atoms with Crippen molar-refractivity contribution in [2.24, 2.45) is 0 Å². The number of carbonyl (C=O) groups excluding carboxylic acids is 1. The monoisotopic (exact) mass is 370 g/mol. The molecule has 0 bridgehead atoms. The lowest BCUT2D eigenvalue weighted by molar-refractivity contribution is -0.140. The minimum atomic E-state index is -4.70. The summed E-state index contributed by atoms with van der Waals surface area (Å²) in [6, 6.07) is 0.280. The summed E-state index contributed by atoms with van der Waals surface area (Å²) in [5.74, 6) is -1.51. The molecular formula is C11H10BrF3N2O4. The Morgan fingerprint density at radius 3 is 2.43 bits per heavy atom. The predicted octanol–water partition coefficient (Wildman–Crippen LogP) is 2.03. The smallest absolute Gasteiger partial charge is 0.418 e. The van der Waals surface area contributed by atoms with E-state index in [0.717, 1.165) is 12.1 Å². The summed E-state index contributed by atoms with van der Waals surface area (Å²) in [6.45, 7) is -0.894. The molecule has 0 saturated heterocycles. The summed E-state index contributed by atoms with van der Waals surface area (Å²) in [6.07, 6.45) is -4.70. The summed E-state index contributed by atoms with van der Waals surface area (Å²) in [4.78, 5) is 22.1. The molecule has 0 aromatic heterocycles. The van der Waals surface area contributed by atoms with E-state index in [-0.39, 0.29) is 4.47 Å². The van der Waals surface area contributed by atoms with Crippen LogP contribution in [0.1, 0.15) is 5.56 Å². The van der Waals surface area contributed by atoms with Gasteiger partial charge in [0, 0.05) is 4.47 Å². The number of carboxylic acids is 1. The molecule has 10 heteroatoms. The molecule has 0 fully saturated rings. The van der Waals surface area contributed by atoms with Crippen molar-refractivity contribution in [3.8, 4) is 0 Å². The number of rotatable bonds is 4. The summed E-state index contributed by atoms with van der Waals surface area (Å²) < 4.78 is 38.6. The maximum atomic E-state index is 12.8. The van der Waals surface area contributed by atoms with E-state index in [2.05, 4.69) is 15.9 Å². The summed E-state index contributed by atoms with van der Waals surface area (Å²) in [5, 5.41) is 21.1. The van der Waals surface area contributed by atoms with E-state index in [0.29, 0.717) is 0 Å². The van der Waals surface area contributed by atoms with Gasteiger partial charge in [0.05, 0.1) is 17.9 Å². The molecule has 116 valence electrons. The molecule has 0 aliphatic heterocycles. The maximum Gasteiger partial charge on any atom is 0.418 e. The average molecular weight is 371 g/mol. The average Bonchev–Trinajstić information content (AvgIpc) is 2.36. The topological polar surface area (TPSA) is 98.7 Å². The largest absolute Gasteiger partial charge is 0.480 e. The number of aliphatic hydroxyl groups is 1. The van der Waals surface area contributed by atoms with Crippen LogP contribution in [0.25, 0.3) is 0 Å². The van der Waals surface area contributed by atoms with Gasteiger partial charge in [-0.2, -0.15) is 13.2 Å². The third-order valence-corrected chi connectivity index (χ3v) is 2.81. The second kappa shape index (κ2) is 6.76. The van der Waals surface area contributed by atoms with Crippen molar-refractivity contribution in [2.75, 3.05) is 11.9 Å². The van der Waals surface area contributed by atoms with Crippen LogP contribution in [-0.4, -0.2) is 34.9 Å². The molecule has 6 nitrogen and oxygen atoms in total. The summed E-state index contributed by atoms with van der Waals surface area (Å²) in [7, 11) is 0. The number of amides is 2. The fourth-order valence-electron chi connectivity index (χ4n) is 1.36. The molecule has 4 N–H and O–H groups in total. The second-order valence-electron chi connectivity index (χ2n) is 3.86. The summed E-state index contributed by atoms with van der Waals surface area (Å²) in [5.41, 5.74) is -1.63. The van der Waals surface area contributed by atoms with E-state index in [9.17, 15) is 22.8 Å². The highest BCUT2D eigenvalue weighted by Gasteiger charge is 2.34. The van der Waals surface area contributed by atoms with Gasteiger partial charge in [0.25, 0.3) is 0 Å². The van der Waals surface area contributed by atoms with Crippen LogP contribution >= 0.6 is 15.9 Å². The van der Waals surface area contributed by atoms with Crippen LogP contribution in [0, 0.1) is 0 Å². The first kappa shape index (κ1) is 17.2. The lowest BCUT2D eigenvalue weighted by Crippen LogP contribution is -2.45. The maximum absolute atomic E-state index is 12.8. The SMILES string of the molecule is O=C(Nc1ccc(Br)cc1C(F)(F)F)N[C@H](CO)C(=O)O. The van der Waals surface area contributed by atoms with Crippen molar-refractivity contribution in [3.05, 3.63) is 28.2 Å². The van der Waals surface area contributed by atoms with Gasteiger partial charge in [-0.15, -0.1) is 0 Å². The van der Waals surface area contributed by atoms with Gasteiger partial charge in [0.15, 0.2) is 6.04 Å². The lowest BCUT2D eigenvalue weighted by Gasteiger charge is -2.16. The first-order valence-electron chi connectivity index (χ1n) is 5.43. The van der Waals surface area contributed by atoms with E-state index >= 15 is 0 Å². The van der Waals surface area contributed by atoms with E-state index in [4.69, 9.17) is 10.2 Å². The standard InChI is InChI=1S/C11H10BrF3N2O4/c12-5-1-2-7(6(3-5)11(13,14)15)16-10(21)17-8(4-18)9(19)20/h1-3,8,18H,4H2,(H,19,20)(H2,16,17,21)/t8-/m1/s1. The highest BCUT2D eigenvalue weighted by molar-refractivity contribution is 9.10. The van der Waals surface area contributed by atoms with E-state index < -0.39 is 42.1 Å². The molecule has 0 aliphatic rings. The summed E-state index contributed by atoms with van der Waals surface area (Å²) >= 11 is 2.89. The predicted molar refractivity (Wildman–Crippen MR) is 69.8 cm³/mol. The van der Waals surface area contributed by atoms with Gasteiger partial charge in [-0.05, 0) is 18.2 Å². The third kappa shape index (κ3) is 4.90. The van der Waals surface area contributed by atoms with E-state index in [1.54, 1.807) is 0 Å². The van der Waals surface area contributed by atoms with Crippen molar-refractivity contribution < 1.29 is 33.0 Å². The zero-order chi connectivity index (χ0) is 16.2. The Morgan fingerprint density at radius 1 is 1.33 bits per heavy atom. The molecule has 1 atom stereocenters. The van der Waals surface area contributed by atoms with Crippen LogP contribution in [0.5, 0.6) is 0 Å². The molecule has 0 heterocycles. The lowest BCUT2D eigenvalue weighted by atomic mass is 10.1. The Balaban J connectivity index is 2.93. The van der Waals surface area contributed by atoms with E-state index in [1.807, 2.05) is 10.6 Å². The molecule has 0 spiro atoms.